The van der Waals surface area contributed by atoms with Crippen molar-refractivity contribution in [1.82, 2.24) is 25.6 Å². The summed E-state index contributed by atoms with van der Waals surface area (Å²) in [5, 5.41) is 10.4. The van der Waals surface area contributed by atoms with Gasteiger partial charge in [0.05, 0.1) is 18.3 Å². The minimum Gasteiger partial charge on any atom is -0.370 e. The number of carbonyl (C=O) groups excluding carboxylic acids is 3. The molecule has 0 aliphatic carbocycles. The smallest absolute Gasteiger partial charge is 0.242 e. The van der Waals surface area contributed by atoms with Gasteiger partial charge in [-0.05, 0) is 30.7 Å². The summed E-state index contributed by atoms with van der Waals surface area (Å²) in [6, 6.07) is 6.70. The maximum absolute atomic E-state index is 13.2. The van der Waals surface area contributed by atoms with Crippen LogP contribution < -0.4 is 26.4 Å². The fourth-order valence-corrected chi connectivity index (χ4v) is 5.76. The number of sulfonamides is 1. The van der Waals surface area contributed by atoms with Crippen LogP contribution in [0.25, 0.3) is 0 Å². The van der Waals surface area contributed by atoms with Crippen molar-refractivity contribution in [2.45, 2.75) is 37.6 Å². The second kappa shape index (κ2) is 16.8. The number of hydrogen-bond donors (Lipinski definition) is 5. The molecule has 220 valence electrons. The molecular weight excluding hydrogens is 554 g/mol. The molecule has 14 heteroatoms. The number of amides is 2. The van der Waals surface area contributed by atoms with Crippen molar-refractivity contribution in [3.63, 3.8) is 0 Å². The molecule has 1 unspecified atom stereocenters. The lowest BCUT2D eigenvalue weighted by Crippen LogP contribution is -2.53. The van der Waals surface area contributed by atoms with Gasteiger partial charge in [0.15, 0.2) is 11.7 Å². The molecule has 0 spiro atoms. The zero-order chi connectivity index (χ0) is 29.5. The summed E-state index contributed by atoms with van der Waals surface area (Å²) in [6.07, 6.45) is 2.59. The molecule has 2 amide bonds. The molecule has 12 nitrogen and oxygen atoms in total. The normalized spacial score (nSPS) is 17.4. The number of nitrogens with two attached hydrogens (primary N) is 1. The Kier molecular flexibility index (Phi) is 13.9. The topological polar surface area (TPSA) is 175 Å². The predicted octanol–water partition coefficient (Wildman–Crippen LogP) is 0.0551. The van der Waals surface area contributed by atoms with Crippen molar-refractivity contribution in [3.05, 3.63) is 58.9 Å². The molecule has 1 saturated heterocycles. The van der Waals surface area contributed by atoms with Crippen LogP contribution >= 0.6 is 11.8 Å². The highest BCUT2D eigenvalue weighted by molar-refractivity contribution is 8.06. The Bertz CT molecular complexity index is 1190. The van der Waals surface area contributed by atoms with Crippen LogP contribution in [0.3, 0.4) is 0 Å². The van der Waals surface area contributed by atoms with Crippen LogP contribution in [0.15, 0.2) is 58.3 Å². The zero-order valence-corrected chi connectivity index (χ0v) is 24.5. The van der Waals surface area contributed by atoms with E-state index in [4.69, 9.17) is 5.73 Å². The third kappa shape index (κ3) is 11.5. The average Bonchev–Trinajstić information content (AvgIpc) is 3.09. The third-order valence-electron chi connectivity index (χ3n) is 5.86. The number of nitrogens with zero attached hydrogens (tertiary/aromatic N) is 2. The van der Waals surface area contributed by atoms with Gasteiger partial charge in [-0.15, -0.1) is 0 Å². The Morgan fingerprint density at radius 3 is 2.73 bits per heavy atom. The average molecular weight is 594 g/mol. The van der Waals surface area contributed by atoms with Crippen LogP contribution in [0.2, 0.25) is 0 Å². The molecule has 1 aliphatic rings. The highest BCUT2D eigenvalue weighted by Gasteiger charge is 2.32. The van der Waals surface area contributed by atoms with E-state index in [9.17, 15) is 22.8 Å². The molecule has 2 atom stereocenters. The van der Waals surface area contributed by atoms with Gasteiger partial charge in [-0.25, -0.2) is 13.1 Å². The first-order chi connectivity index (χ1) is 19.1. The molecule has 1 aromatic rings. The van der Waals surface area contributed by atoms with Gasteiger partial charge in [0, 0.05) is 38.1 Å². The fourth-order valence-electron chi connectivity index (χ4n) is 3.87. The molecule has 1 fully saturated rings. The second-order valence-corrected chi connectivity index (χ2v) is 11.8. The van der Waals surface area contributed by atoms with Gasteiger partial charge in [0.2, 0.25) is 21.8 Å². The van der Waals surface area contributed by atoms with Crippen LogP contribution in [0.1, 0.15) is 25.3 Å². The third-order valence-corrected chi connectivity index (χ3v) is 8.11. The number of aliphatic imine (C=N–C) groups is 1. The Labute approximate surface area is 240 Å². The van der Waals surface area contributed by atoms with Gasteiger partial charge >= 0.3 is 0 Å². The van der Waals surface area contributed by atoms with E-state index < -0.39 is 33.9 Å². The van der Waals surface area contributed by atoms with Crippen molar-refractivity contribution >= 4 is 45.3 Å². The van der Waals surface area contributed by atoms with Crippen LogP contribution in [0, 0.1) is 0 Å². The number of allylic oxidation sites excluding steroid dienone is 1. The standard InChI is InChI=1S/C26H39N7O5S2/c1-4-15-39-19(2)24(35)21(11-8-12-30-26(27)28-3)31-23(34)17-33-14-13-29-16-22(25(33)36)32-40(37,38)18-20-9-6-5-7-10-20/h4-7,9-10,15,21-22,29,32H,2,8,11-14,16-18H2,1,3H3,(H,31,34)(H3,27,28,30)/b15-4-/t21-,22?/m0/s1. The van der Waals surface area contributed by atoms with E-state index in [1.165, 1.54) is 4.90 Å². The molecule has 2 rings (SSSR count). The number of Topliss-reactive ketones (excluding diaryl/α,β-unsaturated/α-hetero) is 1. The summed E-state index contributed by atoms with van der Waals surface area (Å²) in [4.78, 5) is 44.6. The Balaban J connectivity index is 2.05. The first-order valence-corrected chi connectivity index (χ1v) is 15.4. The molecule has 1 aromatic carbocycles. The first kappa shape index (κ1) is 33.0. The summed E-state index contributed by atoms with van der Waals surface area (Å²) in [6.45, 7) is 6.42. The van der Waals surface area contributed by atoms with Gasteiger partial charge in [-0.1, -0.05) is 54.7 Å². The zero-order valence-electron chi connectivity index (χ0n) is 22.9. The van der Waals surface area contributed by atoms with E-state index >= 15 is 0 Å². The van der Waals surface area contributed by atoms with Crippen molar-refractivity contribution < 1.29 is 22.8 Å². The number of thioether (sulfide) groups is 1. The van der Waals surface area contributed by atoms with Gasteiger partial charge in [0.25, 0.3) is 0 Å². The summed E-state index contributed by atoms with van der Waals surface area (Å²) >= 11 is 1.16. The van der Waals surface area contributed by atoms with Crippen molar-refractivity contribution in [1.29, 1.82) is 0 Å². The molecule has 1 aliphatic heterocycles. The summed E-state index contributed by atoms with van der Waals surface area (Å²) < 4.78 is 27.9. The molecule has 6 N–H and O–H groups in total. The number of carbonyl (C=O) groups is 3. The molecule has 0 saturated carbocycles. The Morgan fingerprint density at radius 1 is 1.32 bits per heavy atom. The summed E-state index contributed by atoms with van der Waals surface area (Å²) in [5.41, 5.74) is 6.23. The first-order valence-electron chi connectivity index (χ1n) is 12.9. The van der Waals surface area contributed by atoms with Crippen molar-refractivity contribution in [2.24, 2.45) is 10.7 Å². The lowest BCUT2D eigenvalue weighted by molar-refractivity contribution is -0.137. The van der Waals surface area contributed by atoms with Crippen LogP contribution in [0.5, 0.6) is 0 Å². The lowest BCUT2D eigenvalue weighted by Gasteiger charge is -2.25. The number of ketones is 1. The fraction of sp³-hybridized carbons (Fsp3) is 0.462. The largest absolute Gasteiger partial charge is 0.370 e. The number of nitrogens with one attached hydrogen (secondary N) is 4. The molecule has 0 bridgehead atoms. The number of hydrogen-bond acceptors (Lipinski definition) is 8. The lowest BCUT2D eigenvalue weighted by atomic mass is 10.1. The maximum atomic E-state index is 13.2. The van der Waals surface area contributed by atoms with Crippen molar-refractivity contribution in [3.8, 4) is 0 Å². The molecular formula is C26H39N7O5S2. The van der Waals surface area contributed by atoms with Gasteiger partial charge in [-0.3, -0.25) is 19.4 Å². The summed E-state index contributed by atoms with van der Waals surface area (Å²) in [5.74, 6) is -1.40. The highest BCUT2D eigenvalue weighted by Crippen LogP contribution is 2.19. The predicted molar refractivity (Wildman–Crippen MR) is 159 cm³/mol. The van der Waals surface area contributed by atoms with Crippen LogP contribution in [-0.2, 0) is 30.2 Å². The van der Waals surface area contributed by atoms with Gasteiger partial charge in [0.1, 0.15) is 6.04 Å². The minimum atomic E-state index is -3.83. The Hall–Kier alpha value is -3.20. The van der Waals surface area contributed by atoms with Gasteiger partial charge in [-0.2, -0.15) is 0 Å². The molecule has 40 heavy (non-hydrogen) atoms. The van der Waals surface area contributed by atoms with E-state index in [-0.39, 0.29) is 42.0 Å². The molecule has 0 radical (unpaired) electrons. The highest BCUT2D eigenvalue weighted by atomic mass is 32.2. The van der Waals surface area contributed by atoms with E-state index in [0.717, 1.165) is 11.8 Å². The Morgan fingerprint density at radius 2 is 2.05 bits per heavy atom. The van der Waals surface area contributed by atoms with Crippen LogP contribution in [0.4, 0.5) is 0 Å². The maximum Gasteiger partial charge on any atom is 0.242 e. The minimum absolute atomic E-state index is 0.0886. The van der Waals surface area contributed by atoms with E-state index in [1.807, 2.05) is 6.92 Å². The van der Waals surface area contributed by atoms with E-state index in [0.29, 0.717) is 31.5 Å². The number of guanidine groups is 1. The monoisotopic (exact) mass is 593 g/mol. The van der Waals surface area contributed by atoms with Crippen LogP contribution in [-0.4, -0.2) is 88.7 Å². The number of benzene rings is 1. The van der Waals surface area contributed by atoms with Crippen molar-refractivity contribution in [2.75, 3.05) is 39.8 Å². The SMILES string of the molecule is C=C(S/C=C\C)C(=O)[C@H](CCCNC(N)=NC)NC(=O)CN1CCNCC(NS(=O)(=O)Cc2ccccc2)C1=O. The number of rotatable bonds is 15. The second-order valence-electron chi connectivity index (χ2n) is 9.05. The van der Waals surface area contributed by atoms with E-state index in [2.05, 4.69) is 32.2 Å². The molecule has 0 aromatic heterocycles. The van der Waals surface area contributed by atoms with E-state index in [1.54, 1.807) is 48.9 Å². The molecule has 1 heterocycles. The quantitative estimate of drug-likeness (QED) is 0.0815. The summed E-state index contributed by atoms with van der Waals surface area (Å²) in [7, 11) is -2.28. The van der Waals surface area contributed by atoms with Gasteiger partial charge < -0.3 is 26.6 Å².